The monoisotopic (exact) mass is 426 g/mol. The molecule has 0 radical (unpaired) electrons. The minimum atomic E-state index is -0.939. The number of halogens is 2. The molecule has 9 heteroatoms. The van der Waals surface area contributed by atoms with Crippen LogP contribution in [-0.2, 0) is 0 Å². The summed E-state index contributed by atoms with van der Waals surface area (Å²) in [5, 5.41) is 9.40. The molecule has 4 rings (SSSR count). The molecular formula is C21H16F2N4O2S. The van der Waals surface area contributed by atoms with Crippen molar-refractivity contribution in [3.63, 3.8) is 0 Å². The van der Waals surface area contributed by atoms with Crippen molar-refractivity contribution in [3.05, 3.63) is 76.8 Å². The fourth-order valence-corrected chi connectivity index (χ4v) is 3.64. The third-order valence-electron chi connectivity index (χ3n) is 4.31. The lowest BCUT2D eigenvalue weighted by molar-refractivity contribution is 0.102. The zero-order valence-electron chi connectivity index (χ0n) is 16.0. The Morgan fingerprint density at radius 3 is 2.60 bits per heavy atom. The predicted molar refractivity (Wildman–Crippen MR) is 110 cm³/mol. The van der Waals surface area contributed by atoms with E-state index in [1.54, 1.807) is 20.1 Å². The van der Waals surface area contributed by atoms with Crippen molar-refractivity contribution in [2.75, 3.05) is 12.4 Å². The van der Waals surface area contributed by atoms with E-state index in [1.807, 2.05) is 29.6 Å². The molecule has 30 heavy (non-hydrogen) atoms. The van der Waals surface area contributed by atoms with Gasteiger partial charge in [0, 0.05) is 23.1 Å². The molecule has 0 unspecified atom stereocenters. The zero-order valence-corrected chi connectivity index (χ0v) is 16.8. The molecule has 0 spiro atoms. The summed E-state index contributed by atoms with van der Waals surface area (Å²) in [6.07, 6.45) is 0. The number of carbonyl (C=O) groups excluding carboxylic acids is 1. The number of ether oxygens (including phenoxy) is 1. The van der Waals surface area contributed by atoms with Crippen LogP contribution in [0.3, 0.4) is 0 Å². The smallest absolute Gasteiger partial charge is 0.259 e. The minimum absolute atomic E-state index is 0.264. The largest absolute Gasteiger partial charge is 0.497 e. The number of nitrogens with zero attached hydrogens (tertiary/aromatic N) is 3. The second-order valence-electron chi connectivity index (χ2n) is 6.40. The molecule has 0 bridgehead atoms. The van der Waals surface area contributed by atoms with Gasteiger partial charge in [0.15, 0.2) is 0 Å². The molecule has 0 atom stereocenters. The van der Waals surface area contributed by atoms with Crippen molar-refractivity contribution in [2.24, 2.45) is 0 Å². The Kier molecular flexibility index (Phi) is 5.28. The Morgan fingerprint density at radius 1 is 1.13 bits per heavy atom. The molecule has 0 aliphatic carbocycles. The number of rotatable bonds is 5. The third-order valence-corrected chi connectivity index (χ3v) is 5.12. The molecule has 0 saturated heterocycles. The van der Waals surface area contributed by atoms with Crippen LogP contribution in [0.2, 0.25) is 0 Å². The van der Waals surface area contributed by atoms with Crippen LogP contribution in [0.5, 0.6) is 5.75 Å². The molecule has 2 aromatic carbocycles. The number of thiazole rings is 1. The van der Waals surface area contributed by atoms with Crippen LogP contribution in [0.25, 0.3) is 16.4 Å². The molecular weight excluding hydrogens is 410 g/mol. The number of nitrogens with one attached hydrogen (secondary N) is 1. The van der Waals surface area contributed by atoms with Gasteiger partial charge in [-0.1, -0.05) is 0 Å². The van der Waals surface area contributed by atoms with Gasteiger partial charge in [0.05, 0.1) is 24.1 Å². The Labute approximate surface area is 174 Å². The summed E-state index contributed by atoms with van der Waals surface area (Å²) in [7, 11) is 1.60. The Balaban J connectivity index is 1.62. The SMILES string of the molecule is COc1ccc(-c2csc(-n3nc(C)cc3NC(=O)c3ccc(F)cc3F)n2)cc1. The predicted octanol–water partition coefficient (Wildman–Crippen LogP) is 4.84. The molecule has 0 saturated carbocycles. The van der Waals surface area contributed by atoms with Gasteiger partial charge in [-0.2, -0.15) is 9.78 Å². The topological polar surface area (TPSA) is 69.0 Å². The van der Waals surface area contributed by atoms with E-state index in [9.17, 15) is 13.6 Å². The number of amides is 1. The van der Waals surface area contributed by atoms with Crippen LogP contribution in [0.4, 0.5) is 14.6 Å². The number of anilines is 1. The summed E-state index contributed by atoms with van der Waals surface area (Å²) in [5.74, 6) is -1.32. The van der Waals surface area contributed by atoms with Gasteiger partial charge in [-0.05, 0) is 43.3 Å². The van der Waals surface area contributed by atoms with Gasteiger partial charge in [-0.25, -0.2) is 13.8 Å². The average Bonchev–Trinajstić information content (AvgIpc) is 3.34. The summed E-state index contributed by atoms with van der Waals surface area (Å²) in [4.78, 5) is 17.1. The molecule has 2 heterocycles. The molecule has 0 aliphatic rings. The van der Waals surface area contributed by atoms with Gasteiger partial charge in [-0.3, -0.25) is 4.79 Å². The van der Waals surface area contributed by atoms with Crippen LogP contribution >= 0.6 is 11.3 Å². The highest BCUT2D eigenvalue weighted by Gasteiger charge is 2.18. The summed E-state index contributed by atoms with van der Waals surface area (Å²) < 4.78 is 33.7. The number of methoxy groups -OCH3 is 1. The lowest BCUT2D eigenvalue weighted by Crippen LogP contribution is -2.16. The van der Waals surface area contributed by atoms with Crippen molar-refractivity contribution < 1.29 is 18.3 Å². The third kappa shape index (κ3) is 3.92. The minimum Gasteiger partial charge on any atom is -0.497 e. The van der Waals surface area contributed by atoms with Crippen molar-refractivity contribution in [3.8, 4) is 22.1 Å². The van der Waals surface area contributed by atoms with Crippen molar-refractivity contribution in [1.29, 1.82) is 0 Å². The maximum atomic E-state index is 13.9. The number of hydrogen-bond acceptors (Lipinski definition) is 5. The van der Waals surface area contributed by atoms with Crippen LogP contribution in [0.15, 0.2) is 53.9 Å². The second kappa shape index (κ2) is 8.03. The highest BCUT2D eigenvalue weighted by Crippen LogP contribution is 2.28. The van der Waals surface area contributed by atoms with E-state index in [0.29, 0.717) is 22.7 Å². The van der Waals surface area contributed by atoms with Gasteiger partial charge < -0.3 is 10.1 Å². The number of hydrogen-bond donors (Lipinski definition) is 1. The summed E-state index contributed by atoms with van der Waals surface area (Å²) in [5.41, 5.74) is 2.03. The number of benzene rings is 2. The molecule has 4 aromatic rings. The average molecular weight is 426 g/mol. The van der Waals surface area contributed by atoms with E-state index in [-0.39, 0.29) is 5.56 Å². The quantitative estimate of drug-likeness (QED) is 0.496. The van der Waals surface area contributed by atoms with E-state index in [2.05, 4.69) is 15.4 Å². The number of aromatic nitrogens is 3. The Bertz CT molecular complexity index is 1220. The first-order valence-corrected chi connectivity index (χ1v) is 9.76. The van der Waals surface area contributed by atoms with E-state index in [1.165, 1.54) is 16.0 Å². The van der Waals surface area contributed by atoms with Gasteiger partial charge in [0.2, 0.25) is 5.13 Å². The Morgan fingerprint density at radius 2 is 1.90 bits per heavy atom. The van der Waals surface area contributed by atoms with Crippen molar-refractivity contribution in [2.45, 2.75) is 6.92 Å². The first kappa shape index (κ1) is 19.7. The molecule has 1 N–H and O–H groups in total. The number of aryl methyl sites for hydroxylation is 1. The van der Waals surface area contributed by atoms with Gasteiger partial charge in [0.25, 0.3) is 5.91 Å². The number of carbonyl (C=O) groups is 1. The van der Waals surface area contributed by atoms with Crippen molar-refractivity contribution in [1.82, 2.24) is 14.8 Å². The maximum Gasteiger partial charge on any atom is 0.259 e. The normalized spacial score (nSPS) is 10.8. The van der Waals surface area contributed by atoms with Crippen molar-refractivity contribution >= 4 is 23.1 Å². The van der Waals surface area contributed by atoms with Gasteiger partial charge in [-0.15, -0.1) is 11.3 Å². The standard InChI is InChI=1S/C21H16F2N4O2S/c1-12-9-19(25-20(28)16-8-5-14(22)10-17(16)23)27(26-12)21-24-18(11-30-21)13-3-6-15(29-2)7-4-13/h3-11H,1-2H3,(H,25,28). The first-order chi connectivity index (χ1) is 14.4. The van der Waals surface area contributed by atoms with Crippen LogP contribution in [0.1, 0.15) is 16.1 Å². The van der Waals surface area contributed by atoms with E-state index < -0.39 is 17.5 Å². The lowest BCUT2D eigenvalue weighted by Gasteiger charge is -2.07. The van der Waals surface area contributed by atoms with Gasteiger partial charge in [0.1, 0.15) is 23.2 Å². The molecule has 6 nitrogen and oxygen atoms in total. The maximum absolute atomic E-state index is 13.9. The van der Waals surface area contributed by atoms with Gasteiger partial charge >= 0.3 is 0 Å². The van der Waals surface area contributed by atoms with Crippen LogP contribution in [0, 0.1) is 18.6 Å². The molecule has 0 aliphatic heterocycles. The molecule has 1 amide bonds. The first-order valence-electron chi connectivity index (χ1n) is 8.88. The summed E-state index contributed by atoms with van der Waals surface area (Å²) >= 11 is 1.35. The van der Waals surface area contributed by atoms with E-state index >= 15 is 0 Å². The summed E-state index contributed by atoms with van der Waals surface area (Å²) in [6.45, 7) is 1.77. The molecule has 2 aromatic heterocycles. The molecule has 152 valence electrons. The Hall–Kier alpha value is -3.59. The van der Waals surface area contributed by atoms with E-state index in [0.717, 1.165) is 29.1 Å². The second-order valence-corrected chi connectivity index (χ2v) is 7.24. The zero-order chi connectivity index (χ0) is 21.3. The highest BCUT2D eigenvalue weighted by molar-refractivity contribution is 7.12. The highest BCUT2D eigenvalue weighted by atomic mass is 32.1. The fraction of sp³-hybridized carbons (Fsp3) is 0.0952. The van der Waals surface area contributed by atoms with Crippen LogP contribution in [-0.4, -0.2) is 27.8 Å². The van der Waals surface area contributed by atoms with E-state index in [4.69, 9.17) is 4.74 Å². The van der Waals surface area contributed by atoms with Crippen LogP contribution < -0.4 is 10.1 Å². The molecule has 0 fully saturated rings. The lowest BCUT2D eigenvalue weighted by atomic mass is 10.2. The fourth-order valence-electron chi connectivity index (χ4n) is 2.85. The summed E-state index contributed by atoms with van der Waals surface area (Å²) in [6, 6.07) is 11.9.